The molecule has 0 fully saturated rings. The Labute approximate surface area is 98.2 Å². The minimum absolute atomic E-state index is 0.0599. The van der Waals surface area contributed by atoms with E-state index in [-0.39, 0.29) is 5.91 Å². The van der Waals surface area contributed by atoms with Gasteiger partial charge in [-0.1, -0.05) is 33.8 Å². The Morgan fingerprint density at radius 3 is 2.93 bits per heavy atom. The van der Waals surface area contributed by atoms with Gasteiger partial charge in [0.25, 0.3) is 0 Å². The van der Waals surface area contributed by atoms with Crippen LogP contribution >= 0.6 is 15.9 Å². The number of carbonyl (C=O) groups is 1. The van der Waals surface area contributed by atoms with Crippen LogP contribution in [0.4, 0.5) is 0 Å². The number of hydrogen-bond donors (Lipinski definition) is 1. The van der Waals surface area contributed by atoms with E-state index >= 15 is 0 Å². The van der Waals surface area contributed by atoms with Crippen molar-refractivity contribution in [1.29, 1.82) is 0 Å². The summed E-state index contributed by atoms with van der Waals surface area (Å²) in [5.41, 5.74) is 2.11. The van der Waals surface area contributed by atoms with Gasteiger partial charge in [0, 0.05) is 17.0 Å². The summed E-state index contributed by atoms with van der Waals surface area (Å²) < 4.78 is 1.01. The molecule has 3 heteroatoms. The number of hydrogen-bond acceptors (Lipinski definition) is 1. The summed E-state index contributed by atoms with van der Waals surface area (Å²) in [5, 5.41) is 2.63. The second kappa shape index (κ2) is 5.57. The van der Waals surface area contributed by atoms with Gasteiger partial charge >= 0.3 is 0 Å². The molecular weight excluding hydrogens is 254 g/mol. The second-order valence-corrected chi connectivity index (χ2v) is 4.09. The fourth-order valence-corrected chi connectivity index (χ4v) is 1.40. The van der Waals surface area contributed by atoms with Crippen molar-refractivity contribution < 1.29 is 4.79 Å². The number of halogens is 1. The summed E-state index contributed by atoms with van der Waals surface area (Å²) in [6.07, 6.45) is 0. The average molecular weight is 266 g/mol. The van der Waals surface area contributed by atoms with Crippen molar-refractivity contribution in [3.63, 3.8) is 0 Å². The molecule has 0 aliphatic heterocycles. The lowest BCUT2D eigenvalue weighted by Gasteiger charge is -1.98. The number of amides is 1. The molecule has 2 nitrogen and oxygen atoms in total. The van der Waals surface area contributed by atoms with E-state index in [4.69, 9.17) is 0 Å². The summed E-state index contributed by atoms with van der Waals surface area (Å²) >= 11 is 3.39. The summed E-state index contributed by atoms with van der Waals surface area (Å²) in [6.45, 7) is 3.88. The van der Waals surface area contributed by atoms with E-state index in [1.807, 2.05) is 25.1 Å². The molecule has 0 saturated heterocycles. The quantitative estimate of drug-likeness (QED) is 0.776. The standard InChI is InChI=1S/C12H12BrNO/c1-9-5-6-12(13)8-11(9)4-3-7-14-10(2)15/h5-6,8H,7H2,1-2H3,(H,14,15). The molecule has 0 atom stereocenters. The molecule has 0 heterocycles. The van der Waals surface area contributed by atoms with Gasteiger partial charge in [0.1, 0.15) is 0 Å². The number of nitrogens with one attached hydrogen (secondary N) is 1. The highest BCUT2D eigenvalue weighted by atomic mass is 79.9. The molecule has 1 aromatic carbocycles. The van der Waals surface area contributed by atoms with Crippen LogP contribution in [0.5, 0.6) is 0 Å². The largest absolute Gasteiger partial charge is 0.345 e. The summed E-state index contributed by atoms with van der Waals surface area (Å²) in [6, 6.07) is 5.96. The summed E-state index contributed by atoms with van der Waals surface area (Å²) in [5.74, 6) is 5.85. The first-order valence-corrected chi connectivity index (χ1v) is 5.38. The van der Waals surface area contributed by atoms with Crippen LogP contribution in [0.1, 0.15) is 18.1 Å². The van der Waals surface area contributed by atoms with E-state index in [1.54, 1.807) is 0 Å². The van der Waals surface area contributed by atoms with Crippen LogP contribution in [-0.4, -0.2) is 12.5 Å². The maximum atomic E-state index is 10.6. The molecule has 0 bridgehead atoms. The van der Waals surface area contributed by atoms with E-state index in [0.717, 1.165) is 15.6 Å². The van der Waals surface area contributed by atoms with Gasteiger partial charge in [-0.15, -0.1) is 0 Å². The lowest BCUT2D eigenvalue weighted by Crippen LogP contribution is -2.19. The van der Waals surface area contributed by atoms with Gasteiger partial charge in [-0.25, -0.2) is 0 Å². The van der Waals surface area contributed by atoms with E-state index in [9.17, 15) is 4.79 Å². The fourth-order valence-electron chi connectivity index (χ4n) is 1.04. The molecule has 0 aliphatic carbocycles. The SMILES string of the molecule is CC(=O)NCC#Cc1cc(Br)ccc1C. The average Bonchev–Trinajstić information content (AvgIpc) is 2.17. The third-order valence-electron chi connectivity index (χ3n) is 1.85. The van der Waals surface area contributed by atoms with Crippen LogP contribution in [0.25, 0.3) is 0 Å². The number of carbonyl (C=O) groups excluding carboxylic acids is 1. The van der Waals surface area contributed by atoms with Crippen molar-refractivity contribution in [3.8, 4) is 11.8 Å². The first-order chi connectivity index (χ1) is 7.09. The van der Waals surface area contributed by atoms with Crippen molar-refractivity contribution >= 4 is 21.8 Å². The minimum Gasteiger partial charge on any atom is -0.345 e. The maximum absolute atomic E-state index is 10.6. The van der Waals surface area contributed by atoms with E-state index in [2.05, 4.69) is 33.1 Å². The van der Waals surface area contributed by atoms with Gasteiger partial charge in [0.15, 0.2) is 0 Å². The molecule has 0 aliphatic rings. The highest BCUT2D eigenvalue weighted by molar-refractivity contribution is 9.10. The van der Waals surface area contributed by atoms with Gasteiger partial charge in [0.05, 0.1) is 6.54 Å². The molecule has 0 unspecified atom stereocenters. The van der Waals surface area contributed by atoms with Gasteiger partial charge < -0.3 is 5.32 Å². The second-order valence-electron chi connectivity index (χ2n) is 3.17. The lowest BCUT2D eigenvalue weighted by molar-refractivity contribution is -0.118. The van der Waals surface area contributed by atoms with Crippen LogP contribution in [-0.2, 0) is 4.79 Å². The Bertz CT molecular complexity index is 429. The molecule has 1 N–H and O–H groups in total. The number of rotatable bonds is 1. The Hall–Kier alpha value is -1.27. The van der Waals surface area contributed by atoms with Crippen LogP contribution in [0.3, 0.4) is 0 Å². The van der Waals surface area contributed by atoms with Crippen LogP contribution in [0.15, 0.2) is 22.7 Å². The molecule has 78 valence electrons. The maximum Gasteiger partial charge on any atom is 0.217 e. The zero-order valence-electron chi connectivity index (χ0n) is 8.73. The van der Waals surface area contributed by atoms with Crippen LogP contribution in [0, 0.1) is 18.8 Å². The first-order valence-electron chi connectivity index (χ1n) is 4.59. The molecule has 1 aromatic rings. The monoisotopic (exact) mass is 265 g/mol. The normalized spacial score (nSPS) is 9.00. The van der Waals surface area contributed by atoms with Crippen molar-refractivity contribution in [2.75, 3.05) is 6.54 Å². The third kappa shape index (κ3) is 4.18. The summed E-state index contributed by atoms with van der Waals surface area (Å²) in [4.78, 5) is 10.6. The molecule has 1 rings (SSSR count). The zero-order chi connectivity index (χ0) is 11.3. The van der Waals surface area contributed by atoms with Crippen LogP contribution in [0.2, 0.25) is 0 Å². The van der Waals surface area contributed by atoms with Crippen LogP contribution < -0.4 is 5.32 Å². The molecule has 0 spiro atoms. The highest BCUT2D eigenvalue weighted by Crippen LogP contribution is 2.14. The van der Waals surface area contributed by atoms with Gasteiger partial charge in [-0.2, -0.15) is 0 Å². The minimum atomic E-state index is -0.0599. The lowest BCUT2D eigenvalue weighted by atomic mass is 10.1. The zero-order valence-corrected chi connectivity index (χ0v) is 10.3. The molecule has 1 amide bonds. The summed E-state index contributed by atoms with van der Waals surface area (Å²) in [7, 11) is 0. The van der Waals surface area contributed by atoms with E-state index in [1.165, 1.54) is 6.92 Å². The molecule has 0 radical (unpaired) electrons. The third-order valence-corrected chi connectivity index (χ3v) is 2.34. The smallest absolute Gasteiger partial charge is 0.217 e. The Morgan fingerprint density at radius 2 is 2.27 bits per heavy atom. The Balaban J connectivity index is 2.71. The van der Waals surface area contributed by atoms with Crippen molar-refractivity contribution in [1.82, 2.24) is 5.32 Å². The highest BCUT2D eigenvalue weighted by Gasteiger charge is 1.94. The molecular formula is C12H12BrNO. The van der Waals surface area contributed by atoms with E-state index < -0.39 is 0 Å². The van der Waals surface area contributed by atoms with Gasteiger partial charge in [0.2, 0.25) is 5.91 Å². The number of benzene rings is 1. The van der Waals surface area contributed by atoms with Crippen molar-refractivity contribution in [3.05, 3.63) is 33.8 Å². The predicted octanol–water partition coefficient (Wildman–Crippen LogP) is 2.25. The first kappa shape index (κ1) is 11.8. The Morgan fingerprint density at radius 1 is 1.53 bits per heavy atom. The molecule has 15 heavy (non-hydrogen) atoms. The van der Waals surface area contributed by atoms with Gasteiger partial charge in [-0.05, 0) is 24.6 Å². The topological polar surface area (TPSA) is 29.1 Å². The van der Waals surface area contributed by atoms with E-state index in [0.29, 0.717) is 6.54 Å². The number of aryl methyl sites for hydroxylation is 1. The molecule has 0 aromatic heterocycles. The predicted molar refractivity (Wildman–Crippen MR) is 64.4 cm³/mol. The Kier molecular flexibility index (Phi) is 4.38. The van der Waals surface area contributed by atoms with Crippen molar-refractivity contribution in [2.24, 2.45) is 0 Å². The van der Waals surface area contributed by atoms with Crippen molar-refractivity contribution in [2.45, 2.75) is 13.8 Å². The van der Waals surface area contributed by atoms with Gasteiger partial charge in [-0.3, -0.25) is 4.79 Å². The fraction of sp³-hybridized carbons (Fsp3) is 0.250. The molecule has 0 saturated carbocycles.